The quantitative estimate of drug-likeness (QED) is 0.852. The number of aliphatic hydroxyl groups excluding tert-OH is 1. The normalized spacial score (nSPS) is 10.4. The van der Waals surface area contributed by atoms with E-state index in [1.165, 1.54) is 0 Å². The fourth-order valence-corrected chi connectivity index (χ4v) is 1.69. The highest BCUT2D eigenvalue weighted by Crippen LogP contribution is 2.16. The second kappa shape index (κ2) is 6.06. The highest BCUT2D eigenvalue weighted by molar-refractivity contribution is 5.67. The Morgan fingerprint density at radius 3 is 2.53 bits per heavy atom. The Balaban J connectivity index is 2.15. The molecule has 0 radical (unpaired) electrons. The molecule has 1 aromatic heterocycles. The van der Waals surface area contributed by atoms with Gasteiger partial charge in [-0.1, -0.05) is 24.3 Å². The van der Waals surface area contributed by atoms with E-state index in [-0.39, 0.29) is 13.0 Å². The summed E-state index contributed by atoms with van der Waals surface area (Å²) in [5, 5.41) is 17.7. The standard InChI is InChI=1S/C14H14N2O3/c17-9-12-7-8-15-14(16-12)11-4-1-10(2-5-11)3-6-13(18)19/h1-2,4-5,7-8,17H,3,6,9H2,(H,18,19). The first-order valence-electron chi connectivity index (χ1n) is 5.93. The maximum absolute atomic E-state index is 10.5. The molecule has 0 aliphatic carbocycles. The zero-order chi connectivity index (χ0) is 13.7. The maximum Gasteiger partial charge on any atom is 0.303 e. The Kier molecular flexibility index (Phi) is 4.20. The number of aromatic nitrogens is 2. The van der Waals surface area contributed by atoms with E-state index >= 15 is 0 Å². The molecular weight excluding hydrogens is 244 g/mol. The summed E-state index contributed by atoms with van der Waals surface area (Å²) in [6.07, 6.45) is 2.23. The van der Waals surface area contributed by atoms with E-state index < -0.39 is 5.97 Å². The van der Waals surface area contributed by atoms with Gasteiger partial charge in [-0.25, -0.2) is 9.97 Å². The third-order valence-electron chi connectivity index (χ3n) is 2.71. The zero-order valence-electron chi connectivity index (χ0n) is 10.3. The number of nitrogens with zero attached hydrogens (tertiary/aromatic N) is 2. The number of carboxylic acid groups (broad SMARTS) is 1. The molecule has 0 saturated carbocycles. The zero-order valence-corrected chi connectivity index (χ0v) is 10.3. The third kappa shape index (κ3) is 3.59. The molecule has 98 valence electrons. The molecule has 0 saturated heterocycles. The van der Waals surface area contributed by atoms with Crippen LogP contribution in [0.25, 0.3) is 11.4 Å². The van der Waals surface area contributed by atoms with Gasteiger partial charge in [0.05, 0.1) is 12.3 Å². The van der Waals surface area contributed by atoms with Crippen molar-refractivity contribution in [2.45, 2.75) is 19.4 Å². The number of aliphatic carboxylic acids is 1. The predicted molar refractivity (Wildman–Crippen MR) is 69.3 cm³/mol. The van der Waals surface area contributed by atoms with Gasteiger partial charge in [0.15, 0.2) is 5.82 Å². The first-order chi connectivity index (χ1) is 9.19. The molecule has 0 bridgehead atoms. The van der Waals surface area contributed by atoms with Gasteiger partial charge in [0.25, 0.3) is 0 Å². The fourth-order valence-electron chi connectivity index (χ4n) is 1.69. The monoisotopic (exact) mass is 258 g/mol. The highest BCUT2D eigenvalue weighted by Gasteiger charge is 2.03. The Bertz CT molecular complexity index is 567. The van der Waals surface area contributed by atoms with Crippen LogP contribution in [0.5, 0.6) is 0 Å². The van der Waals surface area contributed by atoms with Gasteiger partial charge >= 0.3 is 5.97 Å². The van der Waals surface area contributed by atoms with Gasteiger partial charge < -0.3 is 10.2 Å². The van der Waals surface area contributed by atoms with Gasteiger partial charge in [-0.3, -0.25) is 4.79 Å². The number of carboxylic acids is 1. The molecule has 0 unspecified atom stereocenters. The van der Waals surface area contributed by atoms with Gasteiger partial charge in [0.2, 0.25) is 0 Å². The van der Waals surface area contributed by atoms with Crippen LogP contribution in [0.4, 0.5) is 0 Å². The van der Waals surface area contributed by atoms with E-state index in [9.17, 15) is 4.79 Å². The van der Waals surface area contributed by atoms with E-state index in [0.717, 1.165) is 11.1 Å². The van der Waals surface area contributed by atoms with Crippen molar-refractivity contribution in [2.24, 2.45) is 0 Å². The summed E-state index contributed by atoms with van der Waals surface area (Å²) in [6, 6.07) is 9.10. The predicted octanol–water partition coefficient (Wildman–Crippen LogP) is 1.65. The van der Waals surface area contributed by atoms with E-state index in [0.29, 0.717) is 17.9 Å². The summed E-state index contributed by atoms with van der Waals surface area (Å²) >= 11 is 0. The van der Waals surface area contributed by atoms with Crippen molar-refractivity contribution in [2.75, 3.05) is 0 Å². The summed E-state index contributed by atoms with van der Waals surface area (Å²) < 4.78 is 0. The number of aryl methyl sites for hydroxylation is 1. The average molecular weight is 258 g/mol. The number of carbonyl (C=O) groups is 1. The van der Waals surface area contributed by atoms with Crippen molar-refractivity contribution in [1.29, 1.82) is 0 Å². The van der Waals surface area contributed by atoms with Crippen LogP contribution in [0.2, 0.25) is 0 Å². The molecule has 0 atom stereocenters. The second-order valence-corrected chi connectivity index (χ2v) is 4.12. The van der Waals surface area contributed by atoms with E-state index in [1.54, 1.807) is 12.3 Å². The van der Waals surface area contributed by atoms with Crippen molar-refractivity contribution < 1.29 is 15.0 Å². The van der Waals surface area contributed by atoms with Crippen molar-refractivity contribution in [1.82, 2.24) is 9.97 Å². The number of hydrogen-bond donors (Lipinski definition) is 2. The van der Waals surface area contributed by atoms with Gasteiger partial charge in [-0.05, 0) is 18.1 Å². The molecule has 0 fully saturated rings. The van der Waals surface area contributed by atoms with Crippen molar-refractivity contribution >= 4 is 5.97 Å². The van der Waals surface area contributed by atoms with E-state index in [2.05, 4.69) is 9.97 Å². The minimum Gasteiger partial charge on any atom is -0.481 e. The first-order valence-corrected chi connectivity index (χ1v) is 5.93. The summed E-state index contributed by atoms with van der Waals surface area (Å²) in [5.74, 6) is -0.251. The third-order valence-corrected chi connectivity index (χ3v) is 2.71. The molecule has 2 aromatic rings. The summed E-state index contributed by atoms with van der Waals surface area (Å²) in [7, 11) is 0. The van der Waals surface area contributed by atoms with Crippen LogP contribution < -0.4 is 0 Å². The lowest BCUT2D eigenvalue weighted by atomic mass is 10.1. The molecule has 2 N–H and O–H groups in total. The van der Waals surface area contributed by atoms with Crippen LogP contribution in [0.15, 0.2) is 36.5 Å². The minimum atomic E-state index is -0.803. The van der Waals surface area contributed by atoms with Gasteiger partial charge in [0.1, 0.15) is 0 Å². The van der Waals surface area contributed by atoms with Crippen molar-refractivity contribution in [3.8, 4) is 11.4 Å². The van der Waals surface area contributed by atoms with Crippen molar-refractivity contribution in [3.63, 3.8) is 0 Å². The average Bonchev–Trinajstić information content (AvgIpc) is 2.45. The minimum absolute atomic E-state index is 0.119. The summed E-state index contributed by atoms with van der Waals surface area (Å²) in [5.41, 5.74) is 2.37. The van der Waals surface area contributed by atoms with Crippen LogP contribution in [-0.2, 0) is 17.8 Å². The molecule has 1 heterocycles. The number of hydrogen-bond acceptors (Lipinski definition) is 4. The molecule has 5 heteroatoms. The van der Waals surface area contributed by atoms with Crippen LogP contribution in [0.3, 0.4) is 0 Å². The van der Waals surface area contributed by atoms with Crippen LogP contribution in [-0.4, -0.2) is 26.2 Å². The van der Waals surface area contributed by atoms with Crippen LogP contribution in [0, 0.1) is 0 Å². The Labute approximate surface area is 110 Å². The molecular formula is C14H14N2O3. The molecule has 0 aliphatic heterocycles. The number of aliphatic hydroxyl groups is 1. The van der Waals surface area contributed by atoms with Crippen molar-refractivity contribution in [3.05, 3.63) is 47.8 Å². The maximum atomic E-state index is 10.5. The molecule has 0 aliphatic rings. The van der Waals surface area contributed by atoms with E-state index in [4.69, 9.17) is 10.2 Å². The number of benzene rings is 1. The topological polar surface area (TPSA) is 83.3 Å². The SMILES string of the molecule is O=C(O)CCc1ccc(-c2nccc(CO)n2)cc1. The molecule has 1 aromatic carbocycles. The van der Waals surface area contributed by atoms with Gasteiger partial charge in [-0.2, -0.15) is 0 Å². The Morgan fingerprint density at radius 1 is 1.16 bits per heavy atom. The summed E-state index contributed by atoms with van der Waals surface area (Å²) in [4.78, 5) is 18.8. The molecule has 19 heavy (non-hydrogen) atoms. The lowest BCUT2D eigenvalue weighted by Crippen LogP contribution is -1.98. The number of rotatable bonds is 5. The molecule has 0 amide bonds. The lowest BCUT2D eigenvalue weighted by molar-refractivity contribution is -0.136. The fraction of sp³-hybridized carbons (Fsp3) is 0.214. The first kappa shape index (κ1) is 13.2. The van der Waals surface area contributed by atoms with Crippen LogP contribution >= 0.6 is 0 Å². The Morgan fingerprint density at radius 2 is 1.89 bits per heavy atom. The van der Waals surface area contributed by atoms with Gasteiger partial charge in [-0.15, -0.1) is 0 Å². The molecule has 2 rings (SSSR count). The second-order valence-electron chi connectivity index (χ2n) is 4.12. The largest absolute Gasteiger partial charge is 0.481 e. The lowest BCUT2D eigenvalue weighted by Gasteiger charge is -2.03. The highest BCUT2D eigenvalue weighted by atomic mass is 16.4. The van der Waals surface area contributed by atoms with Gasteiger partial charge in [0, 0.05) is 18.2 Å². The van der Waals surface area contributed by atoms with Crippen LogP contribution in [0.1, 0.15) is 17.7 Å². The Hall–Kier alpha value is -2.27. The van der Waals surface area contributed by atoms with E-state index in [1.807, 2.05) is 24.3 Å². The smallest absolute Gasteiger partial charge is 0.303 e. The molecule has 5 nitrogen and oxygen atoms in total. The summed E-state index contributed by atoms with van der Waals surface area (Å²) in [6.45, 7) is -0.119. The molecule has 0 spiro atoms.